The molecule has 2 heterocycles. The predicted molar refractivity (Wildman–Crippen MR) is 102 cm³/mol. The molecule has 1 aromatic carbocycles. The van der Waals surface area contributed by atoms with Gasteiger partial charge in [0.2, 0.25) is 0 Å². The first-order valence-electron chi connectivity index (χ1n) is 8.06. The van der Waals surface area contributed by atoms with Crippen LogP contribution in [0.3, 0.4) is 0 Å². The summed E-state index contributed by atoms with van der Waals surface area (Å²) in [5.41, 5.74) is 1.61. The number of hydrogen-bond acceptors (Lipinski definition) is 5. The molecule has 1 amide bonds. The smallest absolute Gasteiger partial charge is 0.348 e. The molecule has 0 aliphatic heterocycles. The zero-order valence-corrected chi connectivity index (χ0v) is 16.1. The maximum Gasteiger partial charge on any atom is 0.348 e. The van der Waals surface area contributed by atoms with E-state index in [9.17, 15) is 9.59 Å². The second-order valence-electron chi connectivity index (χ2n) is 6.10. The Balaban J connectivity index is 1.84. The van der Waals surface area contributed by atoms with Gasteiger partial charge in [0.1, 0.15) is 9.71 Å². The number of amides is 1. The van der Waals surface area contributed by atoms with Crippen LogP contribution in [0.1, 0.15) is 29.2 Å². The molecular weight excluding hydrogens is 374 g/mol. The van der Waals surface area contributed by atoms with Crippen molar-refractivity contribution in [1.82, 2.24) is 15.1 Å². The number of aromatic nitrogens is 2. The fourth-order valence-electron chi connectivity index (χ4n) is 2.50. The molecule has 0 radical (unpaired) electrons. The quantitative estimate of drug-likeness (QED) is 0.672. The maximum atomic E-state index is 12.3. The lowest BCUT2D eigenvalue weighted by Crippen LogP contribution is -2.33. The van der Waals surface area contributed by atoms with E-state index >= 15 is 0 Å². The van der Waals surface area contributed by atoms with E-state index in [1.165, 1.54) is 11.3 Å². The molecule has 0 aliphatic rings. The number of rotatable bonds is 5. The molecule has 0 unspecified atom stereocenters. The Kier molecular flexibility index (Phi) is 5.29. The molecule has 0 saturated carbocycles. The van der Waals surface area contributed by atoms with Gasteiger partial charge in [-0.25, -0.2) is 9.48 Å². The lowest BCUT2D eigenvalue weighted by Gasteiger charge is -2.08. The van der Waals surface area contributed by atoms with Crippen molar-refractivity contribution in [3.05, 3.63) is 45.9 Å². The molecule has 0 saturated heterocycles. The van der Waals surface area contributed by atoms with Gasteiger partial charge in [-0.3, -0.25) is 4.79 Å². The molecule has 3 aromatic rings. The van der Waals surface area contributed by atoms with Crippen molar-refractivity contribution in [1.29, 1.82) is 0 Å². The minimum atomic E-state index is -0.526. The third kappa shape index (κ3) is 3.89. The highest BCUT2D eigenvalue weighted by atomic mass is 35.5. The lowest BCUT2D eigenvalue weighted by atomic mass is 10.3. The number of halogens is 1. The van der Waals surface area contributed by atoms with Gasteiger partial charge in [0.15, 0.2) is 6.61 Å². The molecule has 6 nitrogen and oxygen atoms in total. The standard InChI is InChI=1S/C18H18ClN3O3S/c1-10(2)20-16(23)9-25-18(24)15-8-14-11(3)21-22(17(14)26-15)13-6-4-5-12(19)7-13/h4-8,10H,9H2,1-3H3,(H,20,23). The van der Waals surface area contributed by atoms with Gasteiger partial charge in [-0.15, -0.1) is 11.3 Å². The Morgan fingerprint density at radius 2 is 2.12 bits per heavy atom. The third-order valence-corrected chi connectivity index (χ3v) is 4.91. The number of hydrogen-bond donors (Lipinski definition) is 1. The van der Waals surface area contributed by atoms with E-state index in [0.29, 0.717) is 9.90 Å². The summed E-state index contributed by atoms with van der Waals surface area (Å²) in [6.07, 6.45) is 0. The van der Waals surface area contributed by atoms with Crippen molar-refractivity contribution >= 4 is 45.0 Å². The van der Waals surface area contributed by atoms with E-state index < -0.39 is 5.97 Å². The van der Waals surface area contributed by atoms with Crippen LogP contribution in [-0.2, 0) is 9.53 Å². The number of nitrogens with zero attached hydrogens (tertiary/aromatic N) is 2. The molecule has 0 atom stereocenters. The van der Waals surface area contributed by atoms with Crippen LogP contribution in [0, 0.1) is 6.92 Å². The normalized spacial score (nSPS) is 11.1. The Labute approximate surface area is 159 Å². The Bertz CT molecular complexity index is 977. The number of ether oxygens (including phenoxy) is 1. The van der Waals surface area contributed by atoms with Crippen molar-refractivity contribution < 1.29 is 14.3 Å². The van der Waals surface area contributed by atoms with Crippen LogP contribution in [0.5, 0.6) is 0 Å². The first-order valence-corrected chi connectivity index (χ1v) is 9.26. The number of aryl methyl sites for hydroxylation is 1. The summed E-state index contributed by atoms with van der Waals surface area (Å²) in [5, 5.41) is 8.67. The largest absolute Gasteiger partial charge is 0.451 e. The average molecular weight is 392 g/mol. The zero-order valence-electron chi connectivity index (χ0n) is 14.6. The number of benzene rings is 1. The highest BCUT2D eigenvalue weighted by Crippen LogP contribution is 2.31. The van der Waals surface area contributed by atoms with Crippen LogP contribution in [0.25, 0.3) is 15.9 Å². The van der Waals surface area contributed by atoms with Gasteiger partial charge < -0.3 is 10.1 Å². The van der Waals surface area contributed by atoms with Crippen molar-refractivity contribution in [2.75, 3.05) is 6.61 Å². The van der Waals surface area contributed by atoms with Crippen LogP contribution in [0.2, 0.25) is 5.02 Å². The number of fused-ring (bicyclic) bond motifs is 1. The van der Waals surface area contributed by atoms with E-state index in [1.54, 1.807) is 22.9 Å². The number of carbonyl (C=O) groups is 2. The Morgan fingerprint density at radius 1 is 1.35 bits per heavy atom. The molecule has 0 aliphatic carbocycles. The van der Waals surface area contributed by atoms with Crippen molar-refractivity contribution in [2.45, 2.75) is 26.8 Å². The molecule has 0 bridgehead atoms. The zero-order chi connectivity index (χ0) is 18.8. The number of carbonyl (C=O) groups excluding carboxylic acids is 2. The second-order valence-corrected chi connectivity index (χ2v) is 7.57. The maximum absolute atomic E-state index is 12.3. The highest BCUT2D eigenvalue weighted by Gasteiger charge is 2.19. The van der Waals surface area contributed by atoms with Crippen LogP contribution < -0.4 is 5.32 Å². The minimum Gasteiger partial charge on any atom is -0.451 e. The molecule has 0 spiro atoms. The SMILES string of the molecule is Cc1nn(-c2cccc(Cl)c2)c2sc(C(=O)OCC(=O)NC(C)C)cc12. The number of esters is 1. The predicted octanol–water partition coefficient (Wildman–Crippen LogP) is 3.73. The van der Waals surface area contributed by atoms with Gasteiger partial charge >= 0.3 is 5.97 Å². The van der Waals surface area contributed by atoms with Crippen LogP contribution in [0.15, 0.2) is 30.3 Å². The summed E-state index contributed by atoms with van der Waals surface area (Å²) >= 11 is 7.34. The van der Waals surface area contributed by atoms with Gasteiger partial charge in [0, 0.05) is 16.5 Å². The minimum absolute atomic E-state index is 0.00291. The van der Waals surface area contributed by atoms with Gasteiger partial charge in [-0.1, -0.05) is 17.7 Å². The van der Waals surface area contributed by atoms with Crippen LogP contribution >= 0.6 is 22.9 Å². The van der Waals surface area contributed by atoms with Crippen LogP contribution in [-0.4, -0.2) is 34.3 Å². The van der Waals surface area contributed by atoms with Crippen molar-refractivity contribution in [2.24, 2.45) is 0 Å². The summed E-state index contributed by atoms with van der Waals surface area (Å²) in [7, 11) is 0. The second kappa shape index (κ2) is 7.47. The fourth-order valence-corrected chi connectivity index (χ4v) is 3.76. The molecule has 136 valence electrons. The number of nitrogens with one attached hydrogen (secondary N) is 1. The van der Waals surface area contributed by atoms with E-state index in [1.807, 2.05) is 32.9 Å². The summed E-state index contributed by atoms with van der Waals surface area (Å²) in [5.74, 6) is -0.849. The van der Waals surface area contributed by atoms with Crippen molar-refractivity contribution in [3.8, 4) is 5.69 Å². The molecule has 8 heteroatoms. The Morgan fingerprint density at radius 3 is 2.81 bits per heavy atom. The summed E-state index contributed by atoms with van der Waals surface area (Å²) in [6.45, 7) is 5.26. The van der Waals surface area contributed by atoms with Crippen LogP contribution in [0.4, 0.5) is 0 Å². The molecule has 1 N–H and O–H groups in total. The molecule has 0 fully saturated rings. The molecular formula is C18H18ClN3O3S. The first-order chi connectivity index (χ1) is 12.3. The average Bonchev–Trinajstić information content (AvgIpc) is 3.13. The Hall–Kier alpha value is -2.38. The third-order valence-electron chi connectivity index (χ3n) is 3.58. The topological polar surface area (TPSA) is 73.2 Å². The highest BCUT2D eigenvalue weighted by molar-refractivity contribution is 7.20. The number of thiophene rings is 1. The summed E-state index contributed by atoms with van der Waals surface area (Å²) < 4.78 is 6.86. The van der Waals surface area contributed by atoms with Gasteiger partial charge in [0.05, 0.1) is 11.4 Å². The lowest BCUT2D eigenvalue weighted by molar-refractivity contribution is -0.124. The van der Waals surface area contributed by atoms with Gasteiger partial charge in [-0.2, -0.15) is 5.10 Å². The van der Waals surface area contributed by atoms with E-state index in [0.717, 1.165) is 21.6 Å². The summed E-state index contributed by atoms with van der Waals surface area (Å²) in [4.78, 5) is 25.1. The van der Waals surface area contributed by atoms with Gasteiger partial charge in [-0.05, 0) is 45.0 Å². The van der Waals surface area contributed by atoms with Crippen molar-refractivity contribution in [3.63, 3.8) is 0 Å². The molecule has 26 heavy (non-hydrogen) atoms. The fraction of sp³-hybridized carbons (Fsp3) is 0.278. The molecule has 3 rings (SSSR count). The molecule has 2 aromatic heterocycles. The monoisotopic (exact) mass is 391 g/mol. The van der Waals surface area contributed by atoms with Gasteiger partial charge in [0.25, 0.3) is 5.91 Å². The van der Waals surface area contributed by atoms with E-state index in [4.69, 9.17) is 16.3 Å². The van der Waals surface area contributed by atoms with E-state index in [2.05, 4.69) is 10.4 Å². The summed E-state index contributed by atoms with van der Waals surface area (Å²) in [6, 6.07) is 9.07. The van der Waals surface area contributed by atoms with E-state index in [-0.39, 0.29) is 18.6 Å². The first kappa shape index (κ1) is 18.4.